The summed E-state index contributed by atoms with van der Waals surface area (Å²) in [6.45, 7) is 2.10. The third-order valence-electron chi connectivity index (χ3n) is 4.93. The highest BCUT2D eigenvalue weighted by molar-refractivity contribution is 6.39. The molecule has 1 heterocycles. The zero-order valence-electron chi connectivity index (χ0n) is 16.9. The van der Waals surface area contributed by atoms with Crippen LogP contribution in [0.5, 0.6) is 0 Å². The number of anilines is 1. The highest BCUT2D eigenvalue weighted by Crippen LogP contribution is 2.29. The van der Waals surface area contributed by atoms with Gasteiger partial charge in [-0.15, -0.1) is 0 Å². The average Bonchev–Trinajstić information content (AvgIpc) is 3.07. The molecule has 7 nitrogen and oxygen atoms in total. The predicted molar refractivity (Wildman–Crippen MR) is 118 cm³/mol. The average molecular weight is 462 g/mol. The van der Waals surface area contributed by atoms with Gasteiger partial charge in [-0.1, -0.05) is 41.4 Å². The lowest BCUT2D eigenvalue weighted by Crippen LogP contribution is -2.38. The number of hydrogen-bond acceptors (Lipinski definition) is 4. The first-order valence-electron chi connectivity index (χ1n) is 9.75. The topological polar surface area (TPSA) is 86.8 Å². The van der Waals surface area contributed by atoms with E-state index in [1.54, 1.807) is 49.4 Å². The van der Waals surface area contributed by atoms with E-state index in [0.29, 0.717) is 27.8 Å². The van der Waals surface area contributed by atoms with Gasteiger partial charge in [-0.05, 0) is 36.8 Å². The van der Waals surface area contributed by atoms with Crippen molar-refractivity contribution in [3.05, 3.63) is 63.6 Å². The summed E-state index contributed by atoms with van der Waals surface area (Å²) in [6.07, 6.45) is 0.477. The number of likely N-dealkylation sites (tertiary alicyclic amines) is 1. The molecule has 3 rings (SSSR count). The third kappa shape index (κ3) is 5.42. The fourth-order valence-corrected chi connectivity index (χ4v) is 3.71. The van der Waals surface area contributed by atoms with Crippen LogP contribution in [0.1, 0.15) is 35.7 Å². The van der Waals surface area contributed by atoms with Crippen LogP contribution in [0.2, 0.25) is 10.0 Å². The van der Waals surface area contributed by atoms with Crippen LogP contribution in [0.4, 0.5) is 5.69 Å². The van der Waals surface area contributed by atoms with Crippen LogP contribution in [0.25, 0.3) is 0 Å². The number of halogens is 2. The highest BCUT2D eigenvalue weighted by atomic mass is 35.5. The first-order valence-corrected chi connectivity index (χ1v) is 10.5. The van der Waals surface area contributed by atoms with E-state index < -0.39 is 5.91 Å². The van der Waals surface area contributed by atoms with Gasteiger partial charge in [0, 0.05) is 24.9 Å². The van der Waals surface area contributed by atoms with Crippen molar-refractivity contribution in [3.8, 4) is 0 Å². The Hall–Kier alpha value is -2.90. The summed E-state index contributed by atoms with van der Waals surface area (Å²) in [6, 6.07) is 11.5. The molecule has 0 atom stereocenters. The SMILES string of the molecule is CCN(CC(=O)Nc1c(Cl)cccc1Cl)C(=O)c1ccc(CN2C(=O)CCC2=O)cc1. The van der Waals surface area contributed by atoms with Gasteiger partial charge >= 0.3 is 0 Å². The fourth-order valence-electron chi connectivity index (χ4n) is 3.21. The Balaban J connectivity index is 1.64. The van der Waals surface area contributed by atoms with Gasteiger partial charge in [0.25, 0.3) is 5.91 Å². The molecule has 0 unspecified atom stereocenters. The van der Waals surface area contributed by atoms with E-state index in [-0.39, 0.29) is 43.7 Å². The zero-order chi connectivity index (χ0) is 22.5. The Bertz CT molecular complexity index is 988. The number of amides is 4. The van der Waals surface area contributed by atoms with Gasteiger partial charge in [0.15, 0.2) is 0 Å². The maximum atomic E-state index is 12.8. The number of benzene rings is 2. The minimum Gasteiger partial charge on any atom is -0.330 e. The number of para-hydroxylation sites is 1. The second-order valence-corrected chi connectivity index (χ2v) is 7.85. The summed E-state index contributed by atoms with van der Waals surface area (Å²) >= 11 is 12.1. The van der Waals surface area contributed by atoms with Gasteiger partial charge in [-0.2, -0.15) is 0 Å². The van der Waals surface area contributed by atoms with Crippen molar-refractivity contribution in [1.82, 2.24) is 9.80 Å². The molecule has 4 amide bonds. The van der Waals surface area contributed by atoms with Crippen molar-refractivity contribution in [3.63, 3.8) is 0 Å². The van der Waals surface area contributed by atoms with Gasteiger partial charge in [0.2, 0.25) is 17.7 Å². The number of carbonyl (C=O) groups is 4. The molecule has 31 heavy (non-hydrogen) atoms. The molecule has 1 N–H and O–H groups in total. The Morgan fingerprint density at radius 3 is 2.13 bits per heavy atom. The van der Waals surface area contributed by atoms with Crippen molar-refractivity contribution >= 4 is 52.5 Å². The van der Waals surface area contributed by atoms with Crippen molar-refractivity contribution in [1.29, 1.82) is 0 Å². The standard InChI is InChI=1S/C22H21Cl2N3O4/c1-2-26(13-18(28)25-21-16(23)4-3-5-17(21)24)22(31)15-8-6-14(7-9-15)12-27-19(29)10-11-20(27)30/h3-9H,2,10-13H2,1H3,(H,25,28). The van der Waals surface area contributed by atoms with Gasteiger partial charge in [-0.25, -0.2) is 0 Å². The van der Waals surface area contributed by atoms with Gasteiger partial charge in [-0.3, -0.25) is 24.1 Å². The second-order valence-electron chi connectivity index (χ2n) is 7.03. The Kier molecular flexibility index (Phi) is 7.30. The number of rotatable bonds is 7. The smallest absolute Gasteiger partial charge is 0.254 e. The van der Waals surface area contributed by atoms with E-state index in [2.05, 4.69) is 5.32 Å². The first-order chi connectivity index (χ1) is 14.8. The summed E-state index contributed by atoms with van der Waals surface area (Å²) in [4.78, 5) is 51.4. The minimum atomic E-state index is -0.423. The van der Waals surface area contributed by atoms with Crippen LogP contribution >= 0.6 is 23.2 Å². The number of nitrogens with one attached hydrogen (secondary N) is 1. The maximum Gasteiger partial charge on any atom is 0.254 e. The van der Waals surface area contributed by atoms with Crippen LogP contribution in [0.3, 0.4) is 0 Å². The molecule has 1 aliphatic rings. The lowest BCUT2D eigenvalue weighted by atomic mass is 10.1. The molecule has 0 aliphatic carbocycles. The van der Waals surface area contributed by atoms with Gasteiger partial charge in [0.05, 0.1) is 22.3 Å². The van der Waals surface area contributed by atoms with Crippen LogP contribution in [-0.2, 0) is 20.9 Å². The van der Waals surface area contributed by atoms with Gasteiger partial charge in [0.1, 0.15) is 6.54 Å². The zero-order valence-corrected chi connectivity index (χ0v) is 18.4. The minimum absolute atomic E-state index is 0.171. The lowest BCUT2D eigenvalue weighted by Gasteiger charge is -2.21. The highest BCUT2D eigenvalue weighted by Gasteiger charge is 2.28. The lowest BCUT2D eigenvalue weighted by molar-refractivity contribution is -0.139. The van der Waals surface area contributed by atoms with Crippen LogP contribution in [0.15, 0.2) is 42.5 Å². The van der Waals surface area contributed by atoms with Crippen molar-refractivity contribution < 1.29 is 19.2 Å². The molecule has 2 aromatic carbocycles. The van der Waals surface area contributed by atoms with Crippen molar-refractivity contribution in [2.45, 2.75) is 26.3 Å². The summed E-state index contributed by atoms with van der Waals surface area (Å²) in [5.41, 5.74) is 1.44. The molecular formula is C22H21Cl2N3O4. The largest absolute Gasteiger partial charge is 0.330 e. The normalized spacial score (nSPS) is 13.5. The summed E-state index contributed by atoms with van der Waals surface area (Å²) < 4.78 is 0. The maximum absolute atomic E-state index is 12.8. The summed E-state index contributed by atoms with van der Waals surface area (Å²) in [5, 5.41) is 3.25. The monoisotopic (exact) mass is 461 g/mol. The summed E-state index contributed by atoms with van der Waals surface area (Å²) in [7, 11) is 0. The molecule has 0 bridgehead atoms. The van der Waals surface area contributed by atoms with Gasteiger partial charge < -0.3 is 10.2 Å². The molecule has 9 heteroatoms. The molecule has 0 radical (unpaired) electrons. The Morgan fingerprint density at radius 2 is 1.58 bits per heavy atom. The van der Waals surface area contributed by atoms with Crippen molar-refractivity contribution in [2.75, 3.05) is 18.4 Å². The first kappa shape index (κ1) is 22.8. The Labute approximate surface area is 189 Å². The number of hydrogen-bond donors (Lipinski definition) is 1. The molecule has 1 saturated heterocycles. The second kappa shape index (κ2) is 9.94. The van der Waals surface area contributed by atoms with Crippen LogP contribution in [-0.4, -0.2) is 46.5 Å². The van der Waals surface area contributed by atoms with E-state index in [0.717, 1.165) is 5.56 Å². The van der Waals surface area contributed by atoms with Crippen LogP contribution in [0, 0.1) is 0 Å². The molecule has 162 valence electrons. The molecule has 0 saturated carbocycles. The van der Waals surface area contributed by atoms with Crippen molar-refractivity contribution in [2.24, 2.45) is 0 Å². The number of carbonyl (C=O) groups excluding carboxylic acids is 4. The molecular weight excluding hydrogens is 441 g/mol. The van der Waals surface area contributed by atoms with E-state index in [1.807, 2.05) is 0 Å². The number of nitrogens with zero attached hydrogens (tertiary/aromatic N) is 2. The third-order valence-corrected chi connectivity index (χ3v) is 5.56. The number of imide groups is 1. The fraction of sp³-hybridized carbons (Fsp3) is 0.273. The predicted octanol–water partition coefficient (Wildman–Crippen LogP) is 3.74. The van der Waals surface area contributed by atoms with E-state index >= 15 is 0 Å². The van der Waals surface area contributed by atoms with E-state index in [1.165, 1.54) is 9.80 Å². The number of likely N-dealkylation sites (N-methyl/N-ethyl adjacent to an activating group) is 1. The van der Waals surface area contributed by atoms with E-state index in [4.69, 9.17) is 23.2 Å². The molecule has 1 aliphatic heterocycles. The molecule has 1 fully saturated rings. The Morgan fingerprint density at radius 1 is 1.00 bits per heavy atom. The molecule has 0 aromatic heterocycles. The molecule has 0 spiro atoms. The summed E-state index contributed by atoms with van der Waals surface area (Å²) in [5.74, 6) is -1.12. The van der Waals surface area contributed by atoms with Crippen LogP contribution < -0.4 is 5.32 Å². The molecule has 2 aromatic rings. The quantitative estimate of drug-likeness (QED) is 0.636. The van der Waals surface area contributed by atoms with E-state index in [9.17, 15) is 19.2 Å².